The first kappa shape index (κ1) is 12.3. The third kappa shape index (κ3) is 2.25. The minimum absolute atomic E-state index is 0.0711. The van der Waals surface area contributed by atoms with E-state index in [-0.39, 0.29) is 5.91 Å². The number of hydrogen-bond acceptors (Lipinski definition) is 2. The maximum atomic E-state index is 12.3. The van der Waals surface area contributed by atoms with Gasteiger partial charge in [0.1, 0.15) is 5.58 Å². The molecule has 1 heterocycles. The molecular formula is C16H19NO2. The molecule has 1 aliphatic carbocycles. The SMILES string of the molecule is Cc1ccc2oc(C(=O)NC3CCCC3)c(C)c2c1. The minimum Gasteiger partial charge on any atom is -0.451 e. The van der Waals surface area contributed by atoms with Crippen LogP contribution in [0.5, 0.6) is 0 Å². The molecule has 0 saturated heterocycles. The number of fused-ring (bicyclic) bond motifs is 1. The average Bonchev–Trinajstić information content (AvgIpc) is 2.98. The second-order valence-corrected chi connectivity index (χ2v) is 5.51. The van der Waals surface area contributed by atoms with Gasteiger partial charge < -0.3 is 9.73 Å². The van der Waals surface area contributed by atoms with Crippen LogP contribution in [0, 0.1) is 13.8 Å². The summed E-state index contributed by atoms with van der Waals surface area (Å²) in [6.45, 7) is 4.00. The summed E-state index contributed by atoms with van der Waals surface area (Å²) in [4.78, 5) is 12.3. The van der Waals surface area contributed by atoms with Gasteiger partial charge in [-0.25, -0.2) is 0 Å². The number of benzene rings is 1. The van der Waals surface area contributed by atoms with Crippen molar-refractivity contribution in [3.05, 3.63) is 35.1 Å². The zero-order valence-electron chi connectivity index (χ0n) is 11.5. The van der Waals surface area contributed by atoms with Gasteiger partial charge in [0.05, 0.1) is 0 Å². The second-order valence-electron chi connectivity index (χ2n) is 5.51. The minimum atomic E-state index is -0.0711. The van der Waals surface area contributed by atoms with Gasteiger partial charge in [-0.2, -0.15) is 0 Å². The summed E-state index contributed by atoms with van der Waals surface area (Å²) in [5, 5.41) is 4.12. The molecule has 1 saturated carbocycles. The highest BCUT2D eigenvalue weighted by Crippen LogP contribution is 2.27. The monoisotopic (exact) mass is 257 g/mol. The van der Waals surface area contributed by atoms with E-state index in [1.807, 2.05) is 26.0 Å². The van der Waals surface area contributed by atoms with E-state index >= 15 is 0 Å². The van der Waals surface area contributed by atoms with Crippen LogP contribution in [0.25, 0.3) is 11.0 Å². The maximum Gasteiger partial charge on any atom is 0.287 e. The van der Waals surface area contributed by atoms with E-state index in [1.54, 1.807) is 0 Å². The normalized spacial score (nSPS) is 16.1. The number of amides is 1. The van der Waals surface area contributed by atoms with Crippen LogP contribution in [0.4, 0.5) is 0 Å². The van der Waals surface area contributed by atoms with Crippen LogP contribution in [0.1, 0.15) is 47.4 Å². The fraction of sp³-hybridized carbons (Fsp3) is 0.438. The van der Waals surface area contributed by atoms with E-state index in [9.17, 15) is 4.79 Å². The molecule has 0 aliphatic heterocycles. The Balaban J connectivity index is 1.91. The third-order valence-electron chi connectivity index (χ3n) is 3.99. The predicted octanol–water partition coefficient (Wildman–Crippen LogP) is 3.72. The van der Waals surface area contributed by atoms with E-state index in [1.165, 1.54) is 18.4 Å². The van der Waals surface area contributed by atoms with Gasteiger partial charge in [-0.1, -0.05) is 24.5 Å². The highest BCUT2D eigenvalue weighted by atomic mass is 16.3. The first-order chi connectivity index (χ1) is 9.15. The molecule has 1 aliphatic rings. The van der Waals surface area contributed by atoms with Crippen LogP contribution in [-0.2, 0) is 0 Å². The molecule has 1 fully saturated rings. The standard InChI is InChI=1S/C16H19NO2/c1-10-7-8-14-13(9-10)11(2)15(19-14)16(18)17-12-5-3-4-6-12/h7-9,12H,3-6H2,1-2H3,(H,17,18). The summed E-state index contributed by atoms with van der Waals surface area (Å²) in [5.74, 6) is 0.394. The van der Waals surface area contributed by atoms with E-state index in [0.717, 1.165) is 29.4 Å². The Bertz CT molecular complexity index is 621. The van der Waals surface area contributed by atoms with Crippen molar-refractivity contribution in [1.82, 2.24) is 5.32 Å². The van der Waals surface area contributed by atoms with E-state index < -0.39 is 0 Å². The highest BCUT2D eigenvalue weighted by molar-refractivity contribution is 5.99. The number of carbonyl (C=O) groups is 1. The van der Waals surface area contributed by atoms with Crippen molar-refractivity contribution < 1.29 is 9.21 Å². The Labute approximate surface area is 113 Å². The van der Waals surface area contributed by atoms with Crippen molar-refractivity contribution in [2.75, 3.05) is 0 Å². The van der Waals surface area contributed by atoms with Crippen LogP contribution < -0.4 is 5.32 Å². The Morgan fingerprint density at radius 2 is 2.00 bits per heavy atom. The molecule has 0 radical (unpaired) electrons. The highest BCUT2D eigenvalue weighted by Gasteiger charge is 2.22. The van der Waals surface area contributed by atoms with Crippen molar-refractivity contribution in [2.45, 2.75) is 45.6 Å². The molecule has 100 valence electrons. The predicted molar refractivity (Wildman–Crippen MR) is 75.4 cm³/mol. The number of rotatable bonds is 2. The van der Waals surface area contributed by atoms with E-state index in [2.05, 4.69) is 11.4 Å². The molecule has 0 atom stereocenters. The van der Waals surface area contributed by atoms with Crippen molar-refractivity contribution in [3.8, 4) is 0 Å². The van der Waals surface area contributed by atoms with Crippen LogP contribution in [0.3, 0.4) is 0 Å². The Kier molecular flexibility index (Phi) is 3.05. The fourth-order valence-corrected chi connectivity index (χ4v) is 2.87. The van der Waals surface area contributed by atoms with Gasteiger partial charge in [0.15, 0.2) is 5.76 Å². The van der Waals surface area contributed by atoms with Crippen molar-refractivity contribution in [3.63, 3.8) is 0 Å². The van der Waals surface area contributed by atoms with Crippen LogP contribution >= 0.6 is 0 Å². The molecule has 1 aromatic heterocycles. The summed E-state index contributed by atoms with van der Waals surface area (Å²) in [6.07, 6.45) is 4.60. The van der Waals surface area contributed by atoms with Crippen molar-refractivity contribution in [1.29, 1.82) is 0 Å². The van der Waals surface area contributed by atoms with Crippen LogP contribution in [-0.4, -0.2) is 11.9 Å². The zero-order valence-corrected chi connectivity index (χ0v) is 11.5. The number of hydrogen-bond donors (Lipinski definition) is 1. The Hall–Kier alpha value is -1.77. The van der Waals surface area contributed by atoms with Gasteiger partial charge in [-0.15, -0.1) is 0 Å². The van der Waals surface area contributed by atoms with Gasteiger partial charge in [0.2, 0.25) is 0 Å². The summed E-state index contributed by atoms with van der Waals surface area (Å²) in [6, 6.07) is 6.33. The molecule has 3 heteroatoms. The molecule has 19 heavy (non-hydrogen) atoms. The number of aryl methyl sites for hydroxylation is 2. The number of carbonyl (C=O) groups excluding carboxylic acids is 1. The topological polar surface area (TPSA) is 42.2 Å². The lowest BCUT2D eigenvalue weighted by Crippen LogP contribution is -2.32. The summed E-state index contributed by atoms with van der Waals surface area (Å²) in [5.41, 5.74) is 2.91. The molecule has 1 amide bonds. The lowest BCUT2D eigenvalue weighted by molar-refractivity contribution is 0.0911. The molecule has 0 unspecified atom stereocenters. The van der Waals surface area contributed by atoms with Gasteiger partial charge in [-0.3, -0.25) is 4.79 Å². The van der Waals surface area contributed by atoms with Crippen LogP contribution in [0.15, 0.2) is 22.6 Å². The van der Waals surface area contributed by atoms with Gasteiger partial charge in [-0.05, 0) is 38.8 Å². The first-order valence-corrected chi connectivity index (χ1v) is 6.96. The molecule has 1 N–H and O–H groups in total. The van der Waals surface area contributed by atoms with E-state index in [4.69, 9.17) is 4.42 Å². The quantitative estimate of drug-likeness (QED) is 0.890. The largest absolute Gasteiger partial charge is 0.451 e. The van der Waals surface area contributed by atoms with Crippen molar-refractivity contribution >= 4 is 16.9 Å². The third-order valence-corrected chi connectivity index (χ3v) is 3.99. The molecular weight excluding hydrogens is 238 g/mol. The van der Waals surface area contributed by atoms with Gasteiger partial charge in [0.25, 0.3) is 5.91 Å². The lowest BCUT2D eigenvalue weighted by atomic mass is 10.1. The zero-order chi connectivity index (χ0) is 13.4. The number of furan rings is 1. The molecule has 0 bridgehead atoms. The Morgan fingerprint density at radius 1 is 1.26 bits per heavy atom. The lowest BCUT2D eigenvalue weighted by Gasteiger charge is -2.10. The van der Waals surface area contributed by atoms with Gasteiger partial charge in [0, 0.05) is 17.0 Å². The van der Waals surface area contributed by atoms with Gasteiger partial charge >= 0.3 is 0 Å². The van der Waals surface area contributed by atoms with Crippen molar-refractivity contribution in [2.24, 2.45) is 0 Å². The molecule has 2 aromatic rings. The summed E-state index contributed by atoms with van der Waals surface area (Å²) >= 11 is 0. The summed E-state index contributed by atoms with van der Waals surface area (Å²) < 4.78 is 5.71. The molecule has 3 nitrogen and oxygen atoms in total. The molecule has 0 spiro atoms. The number of nitrogens with one attached hydrogen (secondary N) is 1. The first-order valence-electron chi connectivity index (χ1n) is 6.96. The molecule has 3 rings (SSSR count). The smallest absolute Gasteiger partial charge is 0.287 e. The molecule has 1 aromatic carbocycles. The summed E-state index contributed by atoms with van der Waals surface area (Å²) in [7, 11) is 0. The fourth-order valence-electron chi connectivity index (χ4n) is 2.87. The van der Waals surface area contributed by atoms with E-state index in [0.29, 0.717) is 11.8 Å². The second kappa shape index (κ2) is 4.72. The average molecular weight is 257 g/mol. The Morgan fingerprint density at radius 3 is 2.74 bits per heavy atom. The van der Waals surface area contributed by atoms with Crippen LogP contribution in [0.2, 0.25) is 0 Å². The maximum absolute atomic E-state index is 12.3.